The van der Waals surface area contributed by atoms with Crippen LogP contribution in [0.1, 0.15) is 36.5 Å². The van der Waals surface area contributed by atoms with Crippen LogP contribution in [-0.4, -0.2) is 27.3 Å². The van der Waals surface area contributed by atoms with Crippen LogP contribution in [-0.2, 0) is 19.7 Å². The molecular weight excluding hydrogens is 434 g/mol. The van der Waals surface area contributed by atoms with Gasteiger partial charge in [-0.1, -0.05) is 58.6 Å². The highest BCUT2D eigenvalue weighted by atomic mass is 79.9. The van der Waals surface area contributed by atoms with Crippen molar-refractivity contribution in [1.29, 1.82) is 0 Å². The van der Waals surface area contributed by atoms with E-state index < -0.39 is 0 Å². The molecule has 0 radical (unpaired) electrons. The first kappa shape index (κ1) is 21.1. The summed E-state index contributed by atoms with van der Waals surface area (Å²) in [5, 5.41) is 15.2. The average molecular weight is 460 g/mol. The van der Waals surface area contributed by atoms with Crippen molar-refractivity contribution in [2.45, 2.75) is 46.4 Å². The predicted molar refractivity (Wildman–Crippen MR) is 116 cm³/mol. The SMILES string of the molecule is CCCCn1nnnc1NCc1cc(OC)c(OCc2ccccc2C)cc1Br. The first-order chi connectivity index (χ1) is 14.1. The van der Waals surface area contributed by atoms with Crippen LogP contribution in [0.3, 0.4) is 0 Å². The van der Waals surface area contributed by atoms with Crippen LogP contribution >= 0.6 is 15.9 Å². The summed E-state index contributed by atoms with van der Waals surface area (Å²) in [5.74, 6) is 2.03. The van der Waals surface area contributed by atoms with Crippen LogP contribution in [0, 0.1) is 6.92 Å². The zero-order valence-electron chi connectivity index (χ0n) is 17.0. The van der Waals surface area contributed by atoms with Gasteiger partial charge >= 0.3 is 0 Å². The largest absolute Gasteiger partial charge is 0.493 e. The highest BCUT2D eigenvalue weighted by molar-refractivity contribution is 9.10. The maximum atomic E-state index is 6.03. The van der Waals surface area contributed by atoms with Crippen LogP contribution in [0.2, 0.25) is 0 Å². The Hall–Kier alpha value is -2.61. The number of aryl methyl sites for hydroxylation is 2. The molecule has 2 aromatic carbocycles. The van der Waals surface area contributed by atoms with E-state index in [1.165, 1.54) is 5.56 Å². The van der Waals surface area contributed by atoms with E-state index >= 15 is 0 Å². The van der Waals surface area contributed by atoms with E-state index in [0.717, 1.165) is 35.0 Å². The number of benzene rings is 2. The van der Waals surface area contributed by atoms with Gasteiger partial charge in [0, 0.05) is 17.6 Å². The Bertz CT molecular complexity index is 945. The standard InChI is InChI=1S/C21H26BrN5O2/c1-4-5-10-27-21(24-25-26-27)23-13-17-11-19(28-3)20(12-18(17)22)29-14-16-9-7-6-8-15(16)2/h6-9,11-12H,4-5,10,13-14H2,1-3H3,(H,23,24,26). The van der Waals surface area contributed by atoms with Crippen molar-refractivity contribution in [3.8, 4) is 11.5 Å². The molecule has 1 aromatic heterocycles. The molecule has 0 unspecified atom stereocenters. The summed E-state index contributed by atoms with van der Waals surface area (Å²) in [6.07, 6.45) is 2.12. The van der Waals surface area contributed by atoms with Crippen LogP contribution in [0.25, 0.3) is 0 Å². The number of hydrogen-bond donors (Lipinski definition) is 1. The molecule has 0 saturated carbocycles. The van der Waals surface area contributed by atoms with Gasteiger partial charge in [-0.2, -0.15) is 0 Å². The fourth-order valence-electron chi connectivity index (χ4n) is 2.88. The summed E-state index contributed by atoms with van der Waals surface area (Å²) < 4.78 is 14.3. The van der Waals surface area contributed by atoms with Crippen LogP contribution in [0.4, 0.5) is 5.95 Å². The van der Waals surface area contributed by atoms with Crippen LogP contribution < -0.4 is 14.8 Å². The van der Waals surface area contributed by atoms with E-state index in [0.29, 0.717) is 30.6 Å². The summed E-state index contributed by atoms with van der Waals surface area (Å²) in [6.45, 7) is 6.06. The lowest BCUT2D eigenvalue weighted by Crippen LogP contribution is -2.10. The molecule has 0 aliphatic carbocycles. The summed E-state index contributed by atoms with van der Waals surface area (Å²) in [4.78, 5) is 0. The number of nitrogens with zero attached hydrogens (tertiary/aromatic N) is 4. The first-order valence-corrected chi connectivity index (χ1v) is 10.5. The van der Waals surface area contributed by atoms with E-state index in [2.05, 4.69) is 62.8 Å². The molecule has 3 aromatic rings. The normalized spacial score (nSPS) is 10.8. The van der Waals surface area contributed by atoms with Crippen LogP contribution in [0.5, 0.6) is 11.5 Å². The van der Waals surface area contributed by atoms with E-state index in [-0.39, 0.29) is 0 Å². The first-order valence-electron chi connectivity index (χ1n) is 9.66. The second-order valence-corrected chi connectivity index (χ2v) is 7.60. The molecular formula is C21H26BrN5O2. The lowest BCUT2D eigenvalue weighted by molar-refractivity contribution is 0.283. The summed E-state index contributed by atoms with van der Waals surface area (Å²) in [7, 11) is 1.65. The monoisotopic (exact) mass is 459 g/mol. The van der Waals surface area contributed by atoms with Gasteiger partial charge < -0.3 is 14.8 Å². The van der Waals surface area contributed by atoms with Gasteiger partial charge in [0.05, 0.1) is 7.11 Å². The van der Waals surface area contributed by atoms with Crippen molar-refractivity contribution >= 4 is 21.9 Å². The van der Waals surface area contributed by atoms with Crippen molar-refractivity contribution < 1.29 is 9.47 Å². The van der Waals surface area contributed by atoms with Crippen molar-refractivity contribution in [3.05, 3.63) is 57.6 Å². The molecule has 0 spiro atoms. The molecule has 7 nitrogen and oxygen atoms in total. The van der Waals surface area contributed by atoms with Crippen LogP contribution in [0.15, 0.2) is 40.9 Å². The summed E-state index contributed by atoms with van der Waals surface area (Å²) in [5.41, 5.74) is 3.37. The molecule has 0 bridgehead atoms. The predicted octanol–water partition coefficient (Wildman–Crippen LogP) is 4.74. The molecule has 0 aliphatic heterocycles. The maximum Gasteiger partial charge on any atom is 0.243 e. The molecule has 0 fully saturated rings. The number of ether oxygens (including phenoxy) is 2. The third-order valence-electron chi connectivity index (χ3n) is 4.67. The molecule has 154 valence electrons. The minimum absolute atomic E-state index is 0.485. The molecule has 0 aliphatic rings. The zero-order valence-corrected chi connectivity index (χ0v) is 18.6. The van der Waals surface area contributed by atoms with Gasteiger partial charge in [-0.15, -0.1) is 0 Å². The molecule has 8 heteroatoms. The van der Waals surface area contributed by atoms with E-state index in [1.54, 1.807) is 11.8 Å². The number of unbranched alkanes of at least 4 members (excludes halogenated alkanes) is 1. The van der Waals surface area contributed by atoms with E-state index in [9.17, 15) is 0 Å². The minimum Gasteiger partial charge on any atom is -0.493 e. The van der Waals surface area contributed by atoms with Gasteiger partial charge in [0.15, 0.2) is 11.5 Å². The number of methoxy groups -OCH3 is 1. The Morgan fingerprint density at radius 2 is 1.97 bits per heavy atom. The number of anilines is 1. The van der Waals surface area contributed by atoms with E-state index in [1.807, 2.05) is 24.3 Å². The third kappa shape index (κ3) is 5.47. The fraction of sp³-hybridized carbons (Fsp3) is 0.381. The van der Waals surface area contributed by atoms with Gasteiger partial charge in [-0.05, 0) is 52.6 Å². The summed E-state index contributed by atoms with van der Waals surface area (Å²) >= 11 is 3.64. The maximum absolute atomic E-state index is 6.03. The Labute approximate surface area is 179 Å². The second kappa shape index (κ2) is 10.2. The molecule has 3 rings (SSSR count). The second-order valence-electron chi connectivity index (χ2n) is 6.74. The number of tetrazole rings is 1. The van der Waals surface area contributed by atoms with Gasteiger partial charge in [0.1, 0.15) is 6.61 Å². The molecule has 29 heavy (non-hydrogen) atoms. The Kier molecular flexibility index (Phi) is 7.46. The van der Waals surface area contributed by atoms with Gasteiger partial charge in [-0.3, -0.25) is 0 Å². The number of nitrogens with one attached hydrogen (secondary N) is 1. The van der Waals surface area contributed by atoms with Gasteiger partial charge in [-0.25, -0.2) is 4.68 Å². The van der Waals surface area contributed by atoms with Crippen molar-refractivity contribution in [1.82, 2.24) is 20.2 Å². The van der Waals surface area contributed by atoms with E-state index in [4.69, 9.17) is 9.47 Å². The quantitative estimate of drug-likeness (QED) is 0.471. The molecule has 0 atom stereocenters. The Balaban J connectivity index is 1.70. The smallest absolute Gasteiger partial charge is 0.243 e. The zero-order chi connectivity index (χ0) is 20.6. The van der Waals surface area contributed by atoms with Gasteiger partial charge in [0.2, 0.25) is 5.95 Å². The highest BCUT2D eigenvalue weighted by Gasteiger charge is 2.13. The van der Waals surface area contributed by atoms with Gasteiger partial charge in [0.25, 0.3) is 0 Å². The Morgan fingerprint density at radius 1 is 1.14 bits per heavy atom. The number of rotatable bonds is 10. The third-order valence-corrected chi connectivity index (χ3v) is 5.41. The highest BCUT2D eigenvalue weighted by Crippen LogP contribution is 2.34. The number of halogens is 1. The minimum atomic E-state index is 0.485. The average Bonchev–Trinajstić information content (AvgIpc) is 3.18. The van der Waals surface area contributed by atoms with Crippen molar-refractivity contribution in [3.63, 3.8) is 0 Å². The van der Waals surface area contributed by atoms with Crippen molar-refractivity contribution in [2.75, 3.05) is 12.4 Å². The molecule has 1 heterocycles. The number of aromatic nitrogens is 4. The fourth-order valence-corrected chi connectivity index (χ4v) is 3.34. The number of hydrogen-bond acceptors (Lipinski definition) is 6. The Morgan fingerprint density at radius 3 is 2.72 bits per heavy atom. The molecule has 1 N–H and O–H groups in total. The summed E-state index contributed by atoms with van der Waals surface area (Å²) in [6, 6.07) is 12.1. The molecule has 0 amide bonds. The lowest BCUT2D eigenvalue weighted by atomic mass is 10.1. The topological polar surface area (TPSA) is 74.1 Å². The van der Waals surface area contributed by atoms with Crippen molar-refractivity contribution in [2.24, 2.45) is 0 Å². The lowest BCUT2D eigenvalue weighted by Gasteiger charge is -2.15. The molecule has 0 saturated heterocycles.